The van der Waals surface area contributed by atoms with Gasteiger partial charge in [0.05, 0.1) is 50.8 Å². The maximum Gasteiger partial charge on any atom is 0.252 e. The minimum atomic E-state index is -2.67. The van der Waals surface area contributed by atoms with Crippen LogP contribution in [0.5, 0.6) is 0 Å². The van der Waals surface area contributed by atoms with Gasteiger partial charge in [0.15, 0.2) is 5.78 Å². The molecule has 3 N–H and O–H groups in total. The largest absolute Gasteiger partial charge is 0.382 e. The third-order valence-corrected chi connectivity index (χ3v) is 6.31. The number of halogens is 1. The average Bonchev–Trinajstić information content (AvgIpc) is 3.44. The van der Waals surface area contributed by atoms with E-state index < -0.39 is 25.1 Å². The first-order chi connectivity index (χ1) is 17.4. The summed E-state index contributed by atoms with van der Waals surface area (Å²) in [6.45, 7) is 3.57. The number of hydrogen-bond acceptors (Lipinski definition) is 6. The van der Waals surface area contributed by atoms with E-state index >= 15 is 0 Å². The number of aromatic amines is 1. The molecule has 10 heteroatoms. The molecular weight excluding hydrogens is 456 g/mol. The fraction of sp³-hybridized carbons (Fsp3) is 0.250. The Hall–Kier alpha value is -3.69. The summed E-state index contributed by atoms with van der Waals surface area (Å²) in [4.78, 5) is 33.7. The standard InChI is InChI=1S/C24H23ClN6O3/c1-13-6-7-28-31(13)11-14-4-5-15(17(25)8-14)21(32)16-9-26-22-19(16)20-18(10-27-22)29-23(33)24(2,30-20)12-34-3/h4-10,30H,11-12H2,1-3H3,(H,26,27)(H,29,33)/t24-/m0/s1/i3D3. The van der Waals surface area contributed by atoms with Crippen molar-refractivity contribution >= 4 is 45.7 Å². The molecule has 3 aromatic heterocycles. The Bertz CT molecular complexity index is 1550. The number of ketones is 1. The van der Waals surface area contributed by atoms with Gasteiger partial charge in [-0.1, -0.05) is 17.7 Å². The van der Waals surface area contributed by atoms with Crippen LogP contribution in [0.2, 0.25) is 5.02 Å². The highest BCUT2D eigenvalue weighted by molar-refractivity contribution is 6.36. The number of amides is 1. The maximum absolute atomic E-state index is 13.6. The van der Waals surface area contributed by atoms with Crippen LogP contribution in [0.15, 0.2) is 42.9 Å². The number of aromatic nitrogens is 4. The lowest BCUT2D eigenvalue weighted by Crippen LogP contribution is -2.53. The molecule has 0 radical (unpaired) electrons. The molecule has 0 aliphatic carbocycles. The van der Waals surface area contributed by atoms with Crippen LogP contribution < -0.4 is 10.6 Å². The normalized spacial score (nSPS) is 19.0. The number of fused-ring (bicyclic) bond motifs is 3. The van der Waals surface area contributed by atoms with Gasteiger partial charge in [-0.3, -0.25) is 14.3 Å². The first-order valence-electron chi connectivity index (χ1n) is 12.0. The number of methoxy groups -OCH3 is 1. The summed E-state index contributed by atoms with van der Waals surface area (Å²) in [6.07, 6.45) is 4.71. The number of carbonyl (C=O) groups is 2. The Labute approximate surface area is 204 Å². The molecule has 34 heavy (non-hydrogen) atoms. The molecule has 4 aromatic rings. The molecule has 0 bridgehead atoms. The molecule has 4 heterocycles. The number of carbonyl (C=O) groups excluding carboxylic acids is 2. The Morgan fingerprint density at radius 1 is 1.32 bits per heavy atom. The van der Waals surface area contributed by atoms with Gasteiger partial charge in [0.1, 0.15) is 11.2 Å². The van der Waals surface area contributed by atoms with Gasteiger partial charge < -0.3 is 20.4 Å². The van der Waals surface area contributed by atoms with E-state index in [2.05, 4.69) is 25.7 Å². The van der Waals surface area contributed by atoms with E-state index in [9.17, 15) is 9.59 Å². The lowest BCUT2D eigenvalue weighted by atomic mass is 9.96. The number of H-pyrrole nitrogens is 1. The van der Waals surface area contributed by atoms with E-state index in [-0.39, 0.29) is 10.8 Å². The number of benzene rings is 1. The van der Waals surface area contributed by atoms with Crippen molar-refractivity contribution in [2.24, 2.45) is 0 Å². The number of nitrogens with one attached hydrogen (secondary N) is 3. The van der Waals surface area contributed by atoms with Crippen LogP contribution in [0.4, 0.5) is 11.4 Å². The number of nitrogens with zero attached hydrogens (tertiary/aromatic N) is 3. The fourth-order valence-electron chi connectivity index (χ4n) is 4.06. The minimum Gasteiger partial charge on any atom is -0.382 e. The smallest absolute Gasteiger partial charge is 0.252 e. The van der Waals surface area contributed by atoms with E-state index in [4.69, 9.17) is 20.5 Å². The van der Waals surface area contributed by atoms with Gasteiger partial charge in [-0.15, -0.1) is 0 Å². The molecule has 0 saturated heterocycles. The second-order valence-corrected chi connectivity index (χ2v) is 8.85. The Morgan fingerprint density at radius 2 is 2.18 bits per heavy atom. The lowest BCUT2D eigenvalue weighted by Gasteiger charge is -2.35. The van der Waals surface area contributed by atoms with Crippen LogP contribution in [0.1, 0.15) is 38.2 Å². The van der Waals surface area contributed by atoms with Gasteiger partial charge in [0, 0.05) is 30.7 Å². The van der Waals surface area contributed by atoms with E-state index in [1.807, 2.05) is 23.7 Å². The summed E-state index contributed by atoms with van der Waals surface area (Å²) in [5.41, 5.74) is 2.27. The topological polar surface area (TPSA) is 114 Å². The second kappa shape index (κ2) is 8.27. The van der Waals surface area contributed by atoms with Crippen molar-refractivity contribution in [3.05, 3.63) is 70.3 Å². The van der Waals surface area contributed by atoms with Gasteiger partial charge in [-0.25, -0.2) is 4.98 Å². The van der Waals surface area contributed by atoms with Gasteiger partial charge in [0.25, 0.3) is 5.91 Å². The van der Waals surface area contributed by atoms with Crippen molar-refractivity contribution in [1.82, 2.24) is 19.7 Å². The number of hydrogen-bond donors (Lipinski definition) is 3. The molecular formula is C24H23ClN6O3. The molecule has 1 aromatic carbocycles. The zero-order valence-corrected chi connectivity index (χ0v) is 19.2. The third kappa shape index (κ3) is 3.63. The van der Waals surface area contributed by atoms with Gasteiger partial charge in [-0.05, 0) is 37.6 Å². The Morgan fingerprint density at radius 3 is 2.91 bits per heavy atom. The lowest BCUT2D eigenvalue weighted by molar-refractivity contribution is -0.121. The number of pyridine rings is 1. The van der Waals surface area contributed by atoms with Crippen molar-refractivity contribution < 1.29 is 18.4 Å². The van der Waals surface area contributed by atoms with E-state index in [0.29, 0.717) is 40.1 Å². The summed E-state index contributed by atoms with van der Waals surface area (Å²) in [5, 5.41) is 10.8. The van der Waals surface area contributed by atoms with E-state index in [1.165, 1.54) is 19.3 Å². The van der Waals surface area contributed by atoms with Crippen LogP contribution in [0, 0.1) is 6.92 Å². The molecule has 1 aliphatic rings. The zero-order valence-electron chi connectivity index (χ0n) is 21.4. The summed E-state index contributed by atoms with van der Waals surface area (Å²) in [7, 11) is -2.67. The molecule has 0 saturated carbocycles. The Kier molecular flexibility index (Phi) is 4.55. The highest BCUT2D eigenvalue weighted by atomic mass is 35.5. The molecule has 0 unspecified atom stereocenters. The summed E-state index contributed by atoms with van der Waals surface area (Å²) >= 11 is 6.55. The molecule has 174 valence electrons. The van der Waals surface area contributed by atoms with Gasteiger partial charge in [-0.2, -0.15) is 5.10 Å². The minimum absolute atomic E-state index is 0.289. The monoisotopic (exact) mass is 481 g/mol. The van der Waals surface area contributed by atoms with Crippen LogP contribution in [-0.4, -0.2) is 50.6 Å². The van der Waals surface area contributed by atoms with Gasteiger partial charge in [0.2, 0.25) is 0 Å². The number of ether oxygens (including phenoxy) is 1. The number of rotatable bonds is 6. The van der Waals surface area contributed by atoms with Crippen LogP contribution in [-0.2, 0) is 16.1 Å². The second-order valence-electron chi connectivity index (χ2n) is 8.45. The van der Waals surface area contributed by atoms with Gasteiger partial charge >= 0.3 is 0 Å². The molecule has 1 aliphatic heterocycles. The fourth-order valence-corrected chi connectivity index (χ4v) is 4.35. The van der Waals surface area contributed by atoms with Crippen LogP contribution >= 0.6 is 11.6 Å². The highest BCUT2D eigenvalue weighted by Gasteiger charge is 2.39. The molecule has 9 nitrogen and oxygen atoms in total. The van der Waals surface area contributed by atoms with E-state index in [0.717, 1.165) is 11.3 Å². The quantitative estimate of drug-likeness (QED) is 0.361. The van der Waals surface area contributed by atoms with Crippen molar-refractivity contribution in [3.63, 3.8) is 0 Å². The van der Waals surface area contributed by atoms with Crippen LogP contribution in [0.25, 0.3) is 11.0 Å². The predicted molar refractivity (Wildman–Crippen MR) is 130 cm³/mol. The average molecular weight is 482 g/mol. The summed E-state index contributed by atoms with van der Waals surface area (Å²) in [6, 6.07) is 7.14. The molecule has 1 amide bonds. The van der Waals surface area contributed by atoms with Crippen LogP contribution in [0.3, 0.4) is 0 Å². The highest BCUT2D eigenvalue weighted by Crippen LogP contribution is 2.39. The van der Waals surface area contributed by atoms with Crippen molar-refractivity contribution in [2.75, 3.05) is 24.3 Å². The number of anilines is 2. The summed E-state index contributed by atoms with van der Waals surface area (Å²) < 4.78 is 28.7. The maximum atomic E-state index is 13.6. The van der Waals surface area contributed by atoms with Crippen molar-refractivity contribution in [1.29, 1.82) is 0 Å². The first-order valence-corrected chi connectivity index (χ1v) is 10.9. The molecule has 5 rings (SSSR count). The predicted octanol–water partition coefficient (Wildman–Crippen LogP) is 3.77. The SMILES string of the molecule is [2H]C([2H])([2H])OC[C@]1(C)Nc2c(cnc3[nH]cc(C(=O)c4ccc(Cn5nccc5C)cc4Cl)c23)NC1=O. The van der Waals surface area contributed by atoms with Crippen molar-refractivity contribution in [2.45, 2.75) is 25.9 Å². The third-order valence-electron chi connectivity index (χ3n) is 6.00. The summed E-state index contributed by atoms with van der Waals surface area (Å²) in [5.74, 6) is -0.827. The Balaban J connectivity index is 1.50. The molecule has 1 atom stereocenters. The van der Waals surface area contributed by atoms with E-state index in [1.54, 1.807) is 18.3 Å². The first kappa shape index (κ1) is 18.7. The molecule has 0 spiro atoms. The zero-order chi connectivity index (χ0) is 26.5. The number of aryl methyl sites for hydroxylation is 1. The molecule has 0 fully saturated rings. The van der Waals surface area contributed by atoms with Crippen molar-refractivity contribution in [3.8, 4) is 0 Å².